The van der Waals surface area contributed by atoms with Gasteiger partial charge in [-0.05, 0) is 57.8 Å². The number of nitrogens with zero attached hydrogens (tertiary/aromatic N) is 1. The number of likely N-dealkylation sites (tertiary alicyclic amines) is 1. The molecule has 2 nitrogen and oxygen atoms in total. The third kappa shape index (κ3) is 4.75. The number of rotatable bonds is 6. The summed E-state index contributed by atoms with van der Waals surface area (Å²) in [4.78, 5) is 4.03. The lowest BCUT2D eigenvalue weighted by molar-refractivity contribution is 0.138. The molecule has 0 amide bonds. The van der Waals surface area contributed by atoms with E-state index >= 15 is 0 Å². The van der Waals surface area contributed by atoms with Crippen LogP contribution >= 0.6 is 22.9 Å². The highest BCUT2D eigenvalue weighted by molar-refractivity contribution is 7.16. The normalized spacial score (nSPS) is 24.8. The van der Waals surface area contributed by atoms with E-state index in [1.54, 1.807) is 11.3 Å². The van der Waals surface area contributed by atoms with Crippen LogP contribution in [0.5, 0.6) is 0 Å². The lowest BCUT2D eigenvalue weighted by atomic mass is 9.98. The van der Waals surface area contributed by atoms with Crippen LogP contribution in [0.2, 0.25) is 4.34 Å². The predicted octanol–water partition coefficient (Wildman–Crippen LogP) is 3.80. The standard InChI is InChI=1S/C15H25ClN2S/c1-3-8-17-13-6-9-18(12(2)11-13)10-7-14-4-5-15(16)19-14/h4-5,12-13,17H,3,6-11H2,1-2H3. The second-order valence-electron chi connectivity index (χ2n) is 5.52. The SMILES string of the molecule is CCCNC1CCN(CCc2ccc(Cl)s2)C(C)C1. The molecule has 1 N–H and O–H groups in total. The van der Waals surface area contributed by atoms with Crippen molar-refractivity contribution in [1.29, 1.82) is 0 Å². The lowest BCUT2D eigenvalue weighted by Gasteiger charge is -2.38. The Morgan fingerprint density at radius 1 is 1.47 bits per heavy atom. The molecule has 2 heterocycles. The van der Waals surface area contributed by atoms with Gasteiger partial charge in [0.25, 0.3) is 0 Å². The molecule has 0 bridgehead atoms. The van der Waals surface area contributed by atoms with E-state index in [1.165, 1.54) is 37.2 Å². The van der Waals surface area contributed by atoms with Crippen molar-refractivity contribution in [2.75, 3.05) is 19.6 Å². The molecule has 0 saturated carbocycles. The lowest BCUT2D eigenvalue weighted by Crippen LogP contribution is -2.48. The fourth-order valence-electron chi connectivity index (χ4n) is 2.83. The van der Waals surface area contributed by atoms with Crippen LogP contribution in [-0.4, -0.2) is 36.6 Å². The number of nitrogens with one attached hydrogen (secondary N) is 1. The largest absolute Gasteiger partial charge is 0.314 e. The molecule has 0 aromatic carbocycles. The molecule has 2 unspecified atom stereocenters. The molecule has 2 rings (SSSR count). The molecule has 0 aliphatic carbocycles. The van der Waals surface area contributed by atoms with Crippen LogP contribution in [0.4, 0.5) is 0 Å². The molecular weight excluding hydrogens is 276 g/mol. The zero-order chi connectivity index (χ0) is 13.7. The summed E-state index contributed by atoms with van der Waals surface area (Å²) in [6.07, 6.45) is 4.93. The van der Waals surface area contributed by atoms with Crippen molar-refractivity contribution in [1.82, 2.24) is 10.2 Å². The zero-order valence-electron chi connectivity index (χ0n) is 12.0. The first-order valence-corrected chi connectivity index (χ1v) is 8.60. The summed E-state index contributed by atoms with van der Waals surface area (Å²) in [6, 6.07) is 5.58. The second kappa shape index (κ2) is 7.63. The van der Waals surface area contributed by atoms with E-state index in [4.69, 9.17) is 11.6 Å². The fraction of sp³-hybridized carbons (Fsp3) is 0.733. The molecule has 1 aromatic rings. The summed E-state index contributed by atoms with van der Waals surface area (Å²) in [7, 11) is 0. The molecule has 1 aromatic heterocycles. The van der Waals surface area contributed by atoms with Gasteiger partial charge in [0, 0.05) is 23.5 Å². The number of thiophene rings is 1. The summed E-state index contributed by atoms with van der Waals surface area (Å²) >= 11 is 7.69. The van der Waals surface area contributed by atoms with Crippen LogP contribution < -0.4 is 5.32 Å². The highest BCUT2D eigenvalue weighted by atomic mass is 35.5. The van der Waals surface area contributed by atoms with E-state index in [2.05, 4.69) is 30.1 Å². The van der Waals surface area contributed by atoms with Crippen LogP contribution in [0.3, 0.4) is 0 Å². The second-order valence-corrected chi connectivity index (χ2v) is 7.32. The Morgan fingerprint density at radius 2 is 2.32 bits per heavy atom. The predicted molar refractivity (Wildman–Crippen MR) is 85.4 cm³/mol. The molecule has 0 radical (unpaired) electrons. The Labute approximate surface area is 126 Å². The summed E-state index contributed by atoms with van der Waals surface area (Å²) in [5.41, 5.74) is 0. The molecule has 19 heavy (non-hydrogen) atoms. The Balaban J connectivity index is 1.73. The van der Waals surface area contributed by atoms with Gasteiger partial charge in [0.1, 0.15) is 0 Å². The monoisotopic (exact) mass is 300 g/mol. The van der Waals surface area contributed by atoms with Crippen molar-refractivity contribution in [3.63, 3.8) is 0 Å². The van der Waals surface area contributed by atoms with Gasteiger partial charge in [0.05, 0.1) is 4.34 Å². The maximum atomic E-state index is 5.97. The average molecular weight is 301 g/mol. The first kappa shape index (κ1) is 15.3. The van der Waals surface area contributed by atoms with Gasteiger partial charge in [-0.2, -0.15) is 0 Å². The van der Waals surface area contributed by atoms with E-state index in [0.29, 0.717) is 6.04 Å². The van der Waals surface area contributed by atoms with Crippen LogP contribution in [0.1, 0.15) is 38.0 Å². The van der Waals surface area contributed by atoms with Gasteiger partial charge in [-0.25, -0.2) is 0 Å². The molecule has 1 aliphatic heterocycles. The number of halogens is 1. The number of piperidine rings is 1. The molecule has 2 atom stereocenters. The molecule has 108 valence electrons. The molecule has 1 aliphatic rings. The van der Waals surface area contributed by atoms with Crippen molar-refractivity contribution in [3.05, 3.63) is 21.3 Å². The highest BCUT2D eigenvalue weighted by Crippen LogP contribution is 2.23. The molecule has 1 saturated heterocycles. The Bertz CT molecular complexity index is 380. The van der Waals surface area contributed by atoms with Crippen molar-refractivity contribution < 1.29 is 0 Å². The molecular formula is C15H25ClN2S. The van der Waals surface area contributed by atoms with Gasteiger partial charge in [0.2, 0.25) is 0 Å². The van der Waals surface area contributed by atoms with Crippen LogP contribution in [0.25, 0.3) is 0 Å². The molecule has 0 spiro atoms. The maximum Gasteiger partial charge on any atom is 0.0931 e. The summed E-state index contributed by atoms with van der Waals surface area (Å²) in [5.74, 6) is 0. The average Bonchev–Trinajstić information content (AvgIpc) is 2.81. The smallest absolute Gasteiger partial charge is 0.0931 e. The van der Waals surface area contributed by atoms with Gasteiger partial charge >= 0.3 is 0 Å². The third-order valence-electron chi connectivity index (χ3n) is 3.97. The number of hydrogen-bond donors (Lipinski definition) is 1. The van der Waals surface area contributed by atoms with Crippen LogP contribution in [0, 0.1) is 0 Å². The summed E-state index contributed by atoms with van der Waals surface area (Å²) in [5, 5.41) is 3.66. The van der Waals surface area contributed by atoms with Crippen LogP contribution in [0.15, 0.2) is 12.1 Å². The summed E-state index contributed by atoms with van der Waals surface area (Å²) in [6.45, 7) is 8.14. The third-order valence-corrected chi connectivity index (χ3v) is 5.26. The maximum absolute atomic E-state index is 5.97. The quantitative estimate of drug-likeness (QED) is 0.860. The Morgan fingerprint density at radius 3 is 2.95 bits per heavy atom. The van der Waals surface area contributed by atoms with Gasteiger partial charge in [-0.15, -0.1) is 11.3 Å². The fourth-order valence-corrected chi connectivity index (χ4v) is 3.90. The molecule has 4 heteroatoms. The molecule has 1 fully saturated rings. The van der Waals surface area contributed by atoms with Gasteiger partial charge in [0.15, 0.2) is 0 Å². The number of hydrogen-bond acceptors (Lipinski definition) is 3. The van der Waals surface area contributed by atoms with E-state index in [9.17, 15) is 0 Å². The zero-order valence-corrected chi connectivity index (χ0v) is 13.6. The van der Waals surface area contributed by atoms with Gasteiger partial charge < -0.3 is 10.2 Å². The first-order valence-electron chi connectivity index (χ1n) is 7.40. The minimum Gasteiger partial charge on any atom is -0.314 e. The van der Waals surface area contributed by atoms with Crippen LogP contribution in [-0.2, 0) is 6.42 Å². The minimum atomic E-state index is 0.693. The minimum absolute atomic E-state index is 0.693. The van der Waals surface area contributed by atoms with Crippen molar-refractivity contribution in [2.45, 2.75) is 51.6 Å². The van der Waals surface area contributed by atoms with E-state index in [-0.39, 0.29) is 0 Å². The summed E-state index contributed by atoms with van der Waals surface area (Å²) < 4.78 is 0.908. The van der Waals surface area contributed by atoms with E-state index in [1.807, 2.05) is 6.07 Å². The van der Waals surface area contributed by atoms with E-state index < -0.39 is 0 Å². The first-order chi connectivity index (χ1) is 9.19. The van der Waals surface area contributed by atoms with Crippen molar-refractivity contribution in [3.8, 4) is 0 Å². The topological polar surface area (TPSA) is 15.3 Å². The van der Waals surface area contributed by atoms with E-state index in [0.717, 1.165) is 23.3 Å². The Hall–Kier alpha value is -0.0900. The highest BCUT2D eigenvalue weighted by Gasteiger charge is 2.24. The Kier molecular flexibility index (Phi) is 6.14. The van der Waals surface area contributed by atoms with Crippen molar-refractivity contribution in [2.24, 2.45) is 0 Å². The van der Waals surface area contributed by atoms with Crippen molar-refractivity contribution >= 4 is 22.9 Å². The van der Waals surface area contributed by atoms with Gasteiger partial charge in [-0.3, -0.25) is 0 Å². The van der Waals surface area contributed by atoms with Gasteiger partial charge in [-0.1, -0.05) is 18.5 Å².